The van der Waals surface area contributed by atoms with Gasteiger partial charge in [-0.05, 0) is 159 Å². The van der Waals surface area contributed by atoms with E-state index in [9.17, 15) is 0 Å². The molecule has 5 aromatic carbocycles. The van der Waals surface area contributed by atoms with Gasteiger partial charge in [-0.1, -0.05) is 104 Å². The SMILES string of the molecule is Cc1cc(C)c(C)c(-c2cc3nc(-c4ccccc4)sc3c[n+]2C)c1.Cc1cc(C)c(C)c(-c2cc3nc(C(C)C)sc3c[n+]2C)c1.Cc1cc(C)c(C)c(-c2cc3nc(C)sc3c[n+]2C)c1.[2H]C([2H])([2H])C([2H])(C)c1nc2cc(-c3cc(C)cc(C)c3C)[n+](C)cc2s1. The van der Waals surface area contributed by atoms with Crippen LogP contribution in [0, 0.1) is 90.0 Å². The van der Waals surface area contributed by atoms with E-state index in [1.54, 1.807) is 34.0 Å². The van der Waals surface area contributed by atoms with Crippen molar-refractivity contribution in [3.05, 3.63) is 210 Å². The topological polar surface area (TPSA) is 67.1 Å². The minimum absolute atomic E-state index is 0.321. The third-order valence-electron chi connectivity index (χ3n) is 16.9. The summed E-state index contributed by atoms with van der Waals surface area (Å²) >= 11 is 6.58. The van der Waals surface area contributed by atoms with Crippen LogP contribution in [0.25, 0.3) is 96.5 Å². The number of thiazole rings is 4. The van der Waals surface area contributed by atoms with Gasteiger partial charge >= 0.3 is 0 Å². The van der Waals surface area contributed by atoms with Crippen molar-refractivity contribution in [2.75, 3.05) is 0 Å². The highest BCUT2D eigenvalue weighted by Gasteiger charge is 2.23. The summed E-state index contributed by atoms with van der Waals surface area (Å²) in [6.45, 7) is 31.4. The van der Waals surface area contributed by atoms with Gasteiger partial charge in [0.1, 0.15) is 52.0 Å². The number of nitrogens with zero attached hydrogens (tertiary/aromatic N) is 8. The Morgan fingerprint density at radius 1 is 0.382 bits per heavy atom. The van der Waals surface area contributed by atoms with Gasteiger partial charge in [-0.25, -0.2) is 19.9 Å². The van der Waals surface area contributed by atoms with Gasteiger partial charge in [0.15, 0.2) is 24.8 Å². The van der Waals surface area contributed by atoms with Gasteiger partial charge in [0.25, 0.3) is 0 Å². The predicted molar refractivity (Wildman–Crippen MR) is 380 cm³/mol. The molecule has 12 heteroatoms. The van der Waals surface area contributed by atoms with Crippen molar-refractivity contribution in [2.45, 2.75) is 129 Å². The Morgan fingerprint density at radius 3 is 1.08 bits per heavy atom. The molecule has 8 nitrogen and oxygen atoms in total. The summed E-state index contributed by atoms with van der Waals surface area (Å²) in [4.78, 5) is 18.8. The maximum absolute atomic E-state index is 8.29. The summed E-state index contributed by atoms with van der Waals surface area (Å²) in [5, 5.41) is 3.73. The lowest BCUT2D eigenvalue weighted by atomic mass is 9.97. The molecule has 0 radical (unpaired) electrons. The van der Waals surface area contributed by atoms with E-state index in [-0.39, 0.29) is 0 Å². The molecule has 0 saturated carbocycles. The standard InChI is InChI=1S/C22H21N2S.2C19H23N2S.C17H19N2S/c1-14-10-15(2)16(3)18(11-14)20-12-19-21(13-24(20)4)25-22(23-19)17-8-6-5-7-9-17;2*1-11(2)19-20-16-9-17(21(6)10-18(16)22-19)15-8-12(3)7-13(4)14(15)5;1-10-6-11(2)12(3)14(7-10)16-8-15-17(9-19(16)5)20-13(4)18-15/h5-13H,1-4H3;2*7-11H,1-6H3;6-9H,1-5H3/q4*+1/i;1D3,11D;;. The summed E-state index contributed by atoms with van der Waals surface area (Å²) in [7, 11) is 8.34. The van der Waals surface area contributed by atoms with E-state index in [4.69, 9.17) is 15.5 Å². The van der Waals surface area contributed by atoms with Crippen LogP contribution in [0.2, 0.25) is 0 Å². The van der Waals surface area contributed by atoms with Crippen molar-refractivity contribution in [3.63, 3.8) is 0 Å². The number of aryl methyl sites for hydroxylation is 13. The molecule has 0 aliphatic carbocycles. The van der Waals surface area contributed by atoms with E-state index in [0.717, 1.165) is 48.0 Å². The third kappa shape index (κ3) is 13.9. The first-order valence-electron chi connectivity index (χ1n) is 32.3. The average Bonchev–Trinajstić information content (AvgIpc) is 1.79. The van der Waals surface area contributed by atoms with E-state index in [1.165, 1.54) is 143 Å². The summed E-state index contributed by atoms with van der Waals surface area (Å²) in [5.74, 6) is -1.24. The second kappa shape index (κ2) is 26.4. The van der Waals surface area contributed by atoms with Crippen LogP contribution < -0.4 is 18.3 Å². The highest BCUT2D eigenvalue weighted by molar-refractivity contribution is 7.21. The van der Waals surface area contributed by atoms with Gasteiger partial charge in [0.2, 0.25) is 22.8 Å². The van der Waals surface area contributed by atoms with Crippen molar-refractivity contribution in [2.24, 2.45) is 28.2 Å². The number of benzene rings is 5. The van der Waals surface area contributed by atoms with Gasteiger partial charge in [-0.15, -0.1) is 45.3 Å². The molecule has 454 valence electrons. The monoisotopic (exact) mass is 1250 g/mol. The lowest BCUT2D eigenvalue weighted by molar-refractivity contribution is -0.659. The van der Waals surface area contributed by atoms with Gasteiger partial charge in [-0.2, -0.15) is 18.3 Å². The smallest absolute Gasteiger partial charge is 0.214 e. The van der Waals surface area contributed by atoms with Crippen LogP contribution in [-0.2, 0) is 28.2 Å². The second-order valence-corrected chi connectivity index (χ2v) is 28.9. The highest BCUT2D eigenvalue weighted by atomic mass is 32.1. The maximum Gasteiger partial charge on any atom is 0.214 e. The number of hydrogen-bond acceptors (Lipinski definition) is 8. The van der Waals surface area contributed by atoms with Crippen LogP contribution in [-0.4, -0.2) is 19.9 Å². The second-order valence-electron chi connectivity index (χ2n) is 24.6. The fourth-order valence-electron chi connectivity index (χ4n) is 11.6. The zero-order valence-electron chi connectivity index (χ0n) is 59.4. The number of rotatable bonds is 7. The largest absolute Gasteiger partial charge is 0.241 e. The van der Waals surface area contributed by atoms with Crippen molar-refractivity contribution in [3.8, 4) is 55.6 Å². The Hall–Kier alpha value is -7.74. The van der Waals surface area contributed by atoms with Crippen molar-refractivity contribution >= 4 is 86.2 Å². The Labute approximate surface area is 549 Å². The normalized spacial score (nSPS) is 12.9. The molecule has 0 saturated heterocycles. The van der Waals surface area contributed by atoms with Crippen LogP contribution in [0.3, 0.4) is 0 Å². The quantitative estimate of drug-likeness (QED) is 0.149. The predicted octanol–water partition coefficient (Wildman–Crippen LogP) is 19.1. The average molecular weight is 1260 g/mol. The zero-order valence-corrected chi connectivity index (χ0v) is 58.7. The summed E-state index contributed by atoms with van der Waals surface area (Å²) < 4.78 is 44.5. The van der Waals surface area contributed by atoms with E-state index in [0.29, 0.717) is 10.9 Å². The molecule has 0 aliphatic heterocycles. The number of fused-ring (bicyclic) bond motifs is 4. The molecule has 13 rings (SSSR count). The number of hydrogen-bond donors (Lipinski definition) is 0. The minimum Gasteiger partial charge on any atom is -0.241 e. The van der Waals surface area contributed by atoms with Gasteiger partial charge in [-0.3, -0.25) is 0 Å². The van der Waals surface area contributed by atoms with Crippen LogP contribution in [0.15, 0.2) is 128 Å². The van der Waals surface area contributed by atoms with Gasteiger partial charge in [0.05, 0.1) is 37.1 Å². The fourth-order valence-corrected chi connectivity index (χ4v) is 15.5. The Morgan fingerprint density at radius 2 is 0.708 bits per heavy atom. The first-order chi connectivity index (χ1) is 43.8. The molecular weight excluding hydrogens is 1170 g/mol. The highest BCUT2D eigenvalue weighted by Crippen LogP contribution is 2.36. The van der Waals surface area contributed by atoms with Gasteiger partial charge in [0, 0.05) is 69.4 Å². The van der Waals surface area contributed by atoms with Crippen LogP contribution in [0.4, 0.5) is 0 Å². The lowest BCUT2D eigenvalue weighted by Crippen LogP contribution is -2.30. The molecule has 8 heterocycles. The Kier molecular flexibility index (Phi) is 17.5. The molecule has 1 unspecified atom stereocenters. The Balaban J connectivity index is 0.000000136. The fraction of sp³-hybridized carbons (Fsp3) is 0.299. The van der Waals surface area contributed by atoms with Crippen LogP contribution in [0.1, 0.15) is 127 Å². The molecule has 0 spiro atoms. The summed E-state index contributed by atoms with van der Waals surface area (Å²) in [6, 6.07) is 36.9. The minimum atomic E-state index is -2.42. The lowest BCUT2D eigenvalue weighted by Gasteiger charge is -2.09. The van der Waals surface area contributed by atoms with Crippen molar-refractivity contribution in [1.29, 1.82) is 0 Å². The van der Waals surface area contributed by atoms with E-state index >= 15 is 0 Å². The summed E-state index contributed by atoms with van der Waals surface area (Å²) in [5.41, 5.74) is 30.5. The maximum atomic E-state index is 8.29. The molecule has 13 aromatic rings. The molecule has 8 aromatic heterocycles. The molecule has 1 atom stereocenters. The third-order valence-corrected chi connectivity index (χ3v) is 21.3. The molecule has 0 N–H and O–H groups in total. The van der Waals surface area contributed by atoms with E-state index in [1.807, 2.05) is 29.9 Å². The molecule has 0 bridgehead atoms. The van der Waals surface area contributed by atoms with E-state index in [2.05, 4.69) is 258 Å². The van der Waals surface area contributed by atoms with Crippen LogP contribution >= 0.6 is 45.3 Å². The van der Waals surface area contributed by atoms with Crippen molar-refractivity contribution < 1.29 is 23.8 Å². The first-order valence-corrected chi connectivity index (χ1v) is 33.6. The van der Waals surface area contributed by atoms with E-state index < -0.39 is 12.7 Å². The number of aromatic nitrogens is 8. The first kappa shape index (κ1) is 58.9. The van der Waals surface area contributed by atoms with Crippen LogP contribution in [0.5, 0.6) is 0 Å². The Bertz CT molecular complexity index is 5010. The zero-order chi connectivity index (χ0) is 67.4. The number of pyridine rings is 4. The molecule has 0 amide bonds. The summed E-state index contributed by atoms with van der Waals surface area (Å²) in [6.07, 6.45) is 8.57. The molecular formula is C77H86N8S4+4. The molecule has 0 aliphatic rings. The van der Waals surface area contributed by atoms with Crippen molar-refractivity contribution in [1.82, 2.24) is 19.9 Å². The molecule has 89 heavy (non-hydrogen) atoms. The van der Waals surface area contributed by atoms with Gasteiger partial charge < -0.3 is 0 Å². The molecule has 0 fully saturated rings.